The zero-order valence-electron chi connectivity index (χ0n) is 14.5. The standard InChI is InChI=1S/C22H21NO2/c1-3-17-11-9-10-16(2)21(17)23-22(24)19-14-7-8-15-20(19)25-18-12-5-4-6-13-18/h4-15H,3H2,1-2H3,(H,23,24). The van der Waals surface area contributed by atoms with E-state index in [1.807, 2.05) is 67.6 Å². The van der Waals surface area contributed by atoms with Gasteiger partial charge in [-0.25, -0.2) is 0 Å². The number of anilines is 1. The third-order valence-corrected chi connectivity index (χ3v) is 4.08. The van der Waals surface area contributed by atoms with Crippen LogP contribution in [0.25, 0.3) is 0 Å². The van der Waals surface area contributed by atoms with E-state index in [1.54, 1.807) is 12.1 Å². The summed E-state index contributed by atoms with van der Waals surface area (Å²) in [5.41, 5.74) is 3.56. The highest BCUT2D eigenvalue weighted by molar-refractivity contribution is 6.07. The van der Waals surface area contributed by atoms with Gasteiger partial charge >= 0.3 is 0 Å². The minimum atomic E-state index is -0.171. The third kappa shape index (κ3) is 3.89. The highest BCUT2D eigenvalue weighted by Gasteiger charge is 2.15. The maximum Gasteiger partial charge on any atom is 0.259 e. The summed E-state index contributed by atoms with van der Waals surface area (Å²) in [6.45, 7) is 4.08. The van der Waals surface area contributed by atoms with Crippen molar-refractivity contribution < 1.29 is 9.53 Å². The van der Waals surface area contributed by atoms with Gasteiger partial charge in [-0.3, -0.25) is 4.79 Å². The van der Waals surface area contributed by atoms with E-state index < -0.39 is 0 Å². The van der Waals surface area contributed by atoms with Crippen molar-refractivity contribution in [3.8, 4) is 11.5 Å². The zero-order valence-corrected chi connectivity index (χ0v) is 14.5. The van der Waals surface area contributed by atoms with Gasteiger partial charge in [-0.15, -0.1) is 0 Å². The molecule has 0 aliphatic rings. The van der Waals surface area contributed by atoms with Crippen molar-refractivity contribution in [2.75, 3.05) is 5.32 Å². The molecule has 3 nitrogen and oxygen atoms in total. The molecule has 0 bridgehead atoms. The molecule has 0 fully saturated rings. The molecular formula is C22H21NO2. The van der Waals surface area contributed by atoms with E-state index in [9.17, 15) is 4.79 Å². The lowest BCUT2D eigenvalue weighted by Gasteiger charge is -2.15. The lowest BCUT2D eigenvalue weighted by Crippen LogP contribution is -2.15. The molecule has 0 saturated heterocycles. The molecule has 0 radical (unpaired) electrons. The summed E-state index contributed by atoms with van der Waals surface area (Å²) >= 11 is 0. The van der Waals surface area contributed by atoms with Gasteiger partial charge in [0.25, 0.3) is 5.91 Å². The molecule has 0 unspecified atom stereocenters. The topological polar surface area (TPSA) is 38.3 Å². The molecule has 0 aliphatic heterocycles. The van der Waals surface area contributed by atoms with E-state index in [-0.39, 0.29) is 5.91 Å². The van der Waals surface area contributed by atoms with Crippen molar-refractivity contribution in [3.05, 3.63) is 89.5 Å². The Morgan fingerprint density at radius 1 is 0.920 bits per heavy atom. The average Bonchev–Trinajstić information content (AvgIpc) is 2.64. The van der Waals surface area contributed by atoms with Crippen LogP contribution in [0.5, 0.6) is 11.5 Å². The number of nitrogens with one attached hydrogen (secondary N) is 1. The fourth-order valence-corrected chi connectivity index (χ4v) is 2.74. The Morgan fingerprint density at radius 2 is 1.64 bits per heavy atom. The number of carbonyl (C=O) groups is 1. The molecule has 0 heterocycles. The van der Waals surface area contributed by atoms with Gasteiger partial charge in [0.1, 0.15) is 11.5 Å². The summed E-state index contributed by atoms with van der Waals surface area (Å²) in [7, 11) is 0. The zero-order chi connectivity index (χ0) is 17.6. The monoisotopic (exact) mass is 331 g/mol. The first kappa shape index (κ1) is 16.8. The SMILES string of the molecule is CCc1cccc(C)c1NC(=O)c1ccccc1Oc1ccccc1. The second-order valence-electron chi connectivity index (χ2n) is 5.83. The second kappa shape index (κ2) is 7.67. The average molecular weight is 331 g/mol. The van der Waals surface area contributed by atoms with Gasteiger partial charge in [0.2, 0.25) is 0 Å². The molecule has 0 spiro atoms. The Kier molecular flexibility index (Phi) is 5.14. The maximum atomic E-state index is 12.9. The molecular weight excluding hydrogens is 310 g/mol. The molecule has 0 aliphatic carbocycles. The van der Waals surface area contributed by atoms with Crippen molar-refractivity contribution in [2.24, 2.45) is 0 Å². The van der Waals surface area contributed by atoms with Crippen LogP contribution in [0.2, 0.25) is 0 Å². The van der Waals surface area contributed by atoms with Crippen molar-refractivity contribution in [2.45, 2.75) is 20.3 Å². The van der Waals surface area contributed by atoms with Gasteiger partial charge in [0.05, 0.1) is 5.56 Å². The van der Waals surface area contributed by atoms with E-state index >= 15 is 0 Å². The van der Waals surface area contributed by atoms with E-state index in [1.165, 1.54) is 0 Å². The van der Waals surface area contributed by atoms with Gasteiger partial charge < -0.3 is 10.1 Å². The van der Waals surface area contributed by atoms with Gasteiger partial charge in [-0.1, -0.05) is 55.5 Å². The minimum absolute atomic E-state index is 0.171. The molecule has 1 amide bonds. The predicted octanol–water partition coefficient (Wildman–Crippen LogP) is 5.60. The molecule has 3 rings (SSSR count). The number of rotatable bonds is 5. The Hall–Kier alpha value is -3.07. The Morgan fingerprint density at radius 3 is 2.40 bits per heavy atom. The van der Waals surface area contributed by atoms with Gasteiger partial charge in [0, 0.05) is 5.69 Å². The first-order valence-electron chi connectivity index (χ1n) is 8.41. The van der Waals surface area contributed by atoms with Gasteiger partial charge in [-0.05, 0) is 48.7 Å². The Balaban J connectivity index is 1.89. The highest BCUT2D eigenvalue weighted by Crippen LogP contribution is 2.27. The van der Waals surface area contributed by atoms with Crippen molar-refractivity contribution in [1.82, 2.24) is 0 Å². The summed E-state index contributed by atoms with van der Waals surface area (Å²) in [5, 5.41) is 3.05. The number of ether oxygens (including phenoxy) is 1. The Labute approximate surface area is 148 Å². The number of hydrogen-bond donors (Lipinski definition) is 1. The number of aryl methyl sites for hydroxylation is 2. The van der Waals surface area contributed by atoms with Gasteiger partial charge in [-0.2, -0.15) is 0 Å². The van der Waals surface area contributed by atoms with Crippen molar-refractivity contribution in [1.29, 1.82) is 0 Å². The third-order valence-electron chi connectivity index (χ3n) is 4.08. The smallest absolute Gasteiger partial charge is 0.259 e. The molecule has 1 N–H and O–H groups in total. The van der Waals surface area contributed by atoms with Crippen LogP contribution in [0.1, 0.15) is 28.4 Å². The van der Waals surface area contributed by atoms with Crippen LogP contribution < -0.4 is 10.1 Å². The van der Waals surface area contributed by atoms with Crippen LogP contribution in [0.15, 0.2) is 72.8 Å². The maximum absolute atomic E-state index is 12.9. The Bertz CT molecular complexity index is 872. The quantitative estimate of drug-likeness (QED) is 0.660. The van der Waals surface area contributed by atoms with Crippen LogP contribution in [-0.2, 0) is 6.42 Å². The van der Waals surface area contributed by atoms with E-state index in [0.717, 1.165) is 23.2 Å². The number of benzene rings is 3. The number of amides is 1. The van der Waals surface area contributed by atoms with E-state index in [2.05, 4.69) is 12.2 Å². The molecule has 3 heteroatoms. The molecule has 0 atom stereocenters. The first-order valence-corrected chi connectivity index (χ1v) is 8.41. The number of carbonyl (C=O) groups excluding carboxylic acids is 1. The first-order chi connectivity index (χ1) is 12.2. The number of para-hydroxylation sites is 3. The molecule has 3 aromatic rings. The fraction of sp³-hybridized carbons (Fsp3) is 0.136. The molecule has 0 aromatic heterocycles. The summed E-state index contributed by atoms with van der Waals surface area (Å²) < 4.78 is 5.89. The van der Waals surface area contributed by atoms with Crippen molar-refractivity contribution >= 4 is 11.6 Å². The van der Waals surface area contributed by atoms with Crippen LogP contribution in [0.4, 0.5) is 5.69 Å². The van der Waals surface area contributed by atoms with Crippen LogP contribution in [0.3, 0.4) is 0 Å². The summed E-state index contributed by atoms with van der Waals surface area (Å²) in [6.07, 6.45) is 0.861. The minimum Gasteiger partial charge on any atom is -0.457 e. The molecule has 126 valence electrons. The number of hydrogen-bond acceptors (Lipinski definition) is 2. The highest BCUT2D eigenvalue weighted by atomic mass is 16.5. The largest absolute Gasteiger partial charge is 0.457 e. The predicted molar refractivity (Wildman–Crippen MR) is 101 cm³/mol. The van der Waals surface area contributed by atoms with Crippen LogP contribution >= 0.6 is 0 Å². The van der Waals surface area contributed by atoms with E-state index in [4.69, 9.17) is 4.74 Å². The van der Waals surface area contributed by atoms with Crippen molar-refractivity contribution in [3.63, 3.8) is 0 Å². The molecule has 3 aromatic carbocycles. The summed E-state index contributed by atoms with van der Waals surface area (Å²) in [4.78, 5) is 12.9. The second-order valence-corrected chi connectivity index (χ2v) is 5.83. The summed E-state index contributed by atoms with van der Waals surface area (Å²) in [6, 6.07) is 22.8. The summed E-state index contributed by atoms with van der Waals surface area (Å²) in [5.74, 6) is 1.07. The van der Waals surface area contributed by atoms with Crippen LogP contribution in [-0.4, -0.2) is 5.91 Å². The normalized spacial score (nSPS) is 10.3. The van der Waals surface area contributed by atoms with E-state index in [0.29, 0.717) is 17.1 Å². The molecule has 25 heavy (non-hydrogen) atoms. The molecule has 0 saturated carbocycles. The van der Waals surface area contributed by atoms with Crippen LogP contribution in [0, 0.1) is 6.92 Å². The lowest BCUT2D eigenvalue weighted by atomic mass is 10.1. The lowest BCUT2D eigenvalue weighted by molar-refractivity contribution is 0.102. The fourth-order valence-electron chi connectivity index (χ4n) is 2.74. The van der Waals surface area contributed by atoms with Gasteiger partial charge in [0.15, 0.2) is 0 Å².